The third-order valence-corrected chi connectivity index (χ3v) is 3.20. The molecule has 4 heteroatoms. The number of likely N-dealkylation sites (tertiary alicyclic amines) is 1. The highest BCUT2D eigenvalue weighted by atomic mass is 16.5. The molecule has 4 nitrogen and oxygen atoms in total. The van der Waals surface area contributed by atoms with Gasteiger partial charge in [0.2, 0.25) is 0 Å². The summed E-state index contributed by atoms with van der Waals surface area (Å²) in [6.07, 6.45) is 2.33. The van der Waals surface area contributed by atoms with Gasteiger partial charge in [-0.1, -0.05) is 0 Å². The molecular formula is C12H23NO3. The maximum absolute atomic E-state index is 11.1. The zero-order valence-electron chi connectivity index (χ0n) is 10.5. The predicted molar refractivity (Wildman–Crippen MR) is 62.5 cm³/mol. The summed E-state index contributed by atoms with van der Waals surface area (Å²) in [6, 6.07) is 0. The molecule has 94 valence electrons. The molecular weight excluding hydrogens is 206 g/mol. The number of ether oxygens (including phenoxy) is 1. The van der Waals surface area contributed by atoms with Crippen LogP contribution in [-0.2, 0) is 9.53 Å². The average Bonchev–Trinajstić information content (AvgIpc) is 2.17. The zero-order chi connectivity index (χ0) is 12.2. The van der Waals surface area contributed by atoms with Gasteiger partial charge < -0.3 is 14.7 Å². The van der Waals surface area contributed by atoms with E-state index in [4.69, 9.17) is 9.84 Å². The minimum atomic E-state index is -0.721. The summed E-state index contributed by atoms with van der Waals surface area (Å²) in [5, 5.41) is 9.09. The molecule has 0 spiro atoms. The molecule has 0 aromatic rings. The zero-order valence-corrected chi connectivity index (χ0v) is 10.5. The predicted octanol–water partition coefficient (Wildman–Crippen LogP) is 1.46. The van der Waals surface area contributed by atoms with Crippen molar-refractivity contribution in [2.24, 2.45) is 11.3 Å². The molecule has 0 amide bonds. The maximum atomic E-state index is 11.1. The number of hydrogen-bond donors (Lipinski definition) is 1. The van der Waals surface area contributed by atoms with Crippen molar-refractivity contribution < 1.29 is 14.6 Å². The minimum absolute atomic E-state index is 0.559. The molecule has 1 aliphatic rings. The molecule has 1 fully saturated rings. The van der Waals surface area contributed by atoms with Gasteiger partial charge >= 0.3 is 5.97 Å². The van der Waals surface area contributed by atoms with Crippen molar-refractivity contribution in [1.29, 1.82) is 0 Å². The lowest BCUT2D eigenvalue weighted by atomic mass is 9.90. The van der Waals surface area contributed by atoms with E-state index in [1.807, 2.05) is 0 Å². The number of methoxy groups -OCH3 is 1. The summed E-state index contributed by atoms with van der Waals surface area (Å²) in [5.74, 6) is -0.162. The van der Waals surface area contributed by atoms with Crippen molar-refractivity contribution in [3.63, 3.8) is 0 Å². The Balaban J connectivity index is 2.45. The Bertz CT molecular complexity index is 238. The van der Waals surface area contributed by atoms with Crippen LogP contribution in [0.2, 0.25) is 0 Å². The number of carbonyl (C=O) groups is 1. The van der Waals surface area contributed by atoms with Gasteiger partial charge in [0.1, 0.15) is 0 Å². The molecule has 0 bridgehead atoms. The molecule has 1 heterocycles. The first kappa shape index (κ1) is 13.5. The standard InChI is InChI=1S/C12H23NO3/c1-12(2,11(14)15)9-13-6-4-5-10(7-13)8-16-3/h10H,4-9H2,1-3H3,(H,14,15). The Morgan fingerprint density at radius 1 is 1.56 bits per heavy atom. The van der Waals surface area contributed by atoms with Crippen molar-refractivity contribution in [2.75, 3.05) is 33.4 Å². The number of piperidine rings is 1. The van der Waals surface area contributed by atoms with Crippen molar-refractivity contribution in [2.45, 2.75) is 26.7 Å². The summed E-state index contributed by atoms with van der Waals surface area (Å²) in [7, 11) is 1.72. The summed E-state index contributed by atoms with van der Waals surface area (Å²) in [4.78, 5) is 13.3. The first-order chi connectivity index (χ1) is 7.45. The molecule has 0 aliphatic carbocycles. The van der Waals surface area contributed by atoms with Gasteiger partial charge in [0.05, 0.1) is 12.0 Å². The Morgan fingerprint density at radius 2 is 2.25 bits per heavy atom. The molecule has 0 radical (unpaired) electrons. The van der Waals surface area contributed by atoms with Gasteiger partial charge in [-0.05, 0) is 39.2 Å². The van der Waals surface area contributed by atoms with Crippen LogP contribution in [0, 0.1) is 11.3 Å². The van der Waals surface area contributed by atoms with Gasteiger partial charge in [-0.3, -0.25) is 4.79 Å². The molecule has 0 aromatic heterocycles. The molecule has 16 heavy (non-hydrogen) atoms. The number of hydrogen-bond acceptors (Lipinski definition) is 3. The van der Waals surface area contributed by atoms with Crippen molar-refractivity contribution in [3.8, 4) is 0 Å². The van der Waals surface area contributed by atoms with Crippen LogP contribution in [0.25, 0.3) is 0 Å². The van der Waals surface area contributed by atoms with Crippen molar-refractivity contribution >= 4 is 5.97 Å². The molecule has 1 saturated heterocycles. The van der Waals surface area contributed by atoms with Crippen LogP contribution in [-0.4, -0.2) is 49.3 Å². The van der Waals surface area contributed by atoms with Crippen LogP contribution in [0.15, 0.2) is 0 Å². The third-order valence-electron chi connectivity index (χ3n) is 3.20. The highest BCUT2D eigenvalue weighted by Gasteiger charge is 2.31. The SMILES string of the molecule is COCC1CCCN(CC(C)(C)C(=O)O)C1. The van der Waals surface area contributed by atoms with E-state index in [0.29, 0.717) is 12.5 Å². The van der Waals surface area contributed by atoms with Crippen LogP contribution < -0.4 is 0 Å². The second kappa shape index (κ2) is 5.64. The molecule has 1 unspecified atom stereocenters. The highest BCUT2D eigenvalue weighted by molar-refractivity contribution is 5.73. The van der Waals surface area contributed by atoms with E-state index >= 15 is 0 Å². The van der Waals surface area contributed by atoms with Gasteiger partial charge in [0.25, 0.3) is 0 Å². The van der Waals surface area contributed by atoms with Gasteiger partial charge in [-0.25, -0.2) is 0 Å². The van der Waals surface area contributed by atoms with Crippen LogP contribution in [0.3, 0.4) is 0 Å². The normalized spacial score (nSPS) is 23.3. The van der Waals surface area contributed by atoms with E-state index in [1.165, 1.54) is 6.42 Å². The lowest BCUT2D eigenvalue weighted by Gasteiger charge is -2.36. The van der Waals surface area contributed by atoms with Crippen molar-refractivity contribution in [1.82, 2.24) is 4.90 Å². The number of aliphatic carboxylic acids is 1. The molecule has 1 rings (SSSR count). The third kappa shape index (κ3) is 3.76. The fourth-order valence-electron chi connectivity index (χ4n) is 2.29. The largest absolute Gasteiger partial charge is 0.481 e. The Labute approximate surface area is 97.6 Å². The van der Waals surface area contributed by atoms with Gasteiger partial charge in [-0.2, -0.15) is 0 Å². The van der Waals surface area contributed by atoms with Crippen molar-refractivity contribution in [3.05, 3.63) is 0 Å². The summed E-state index contributed by atoms with van der Waals surface area (Å²) < 4.78 is 5.16. The molecule has 1 N–H and O–H groups in total. The lowest BCUT2D eigenvalue weighted by Crippen LogP contribution is -2.44. The second-order valence-electron chi connectivity index (χ2n) is 5.39. The van der Waals surface area contributed by atoms with E-state index in [1.54, 1.807) is 21.0 Å². The minimum Gasteiger partial charge on any atom is -0.481 e. The average molecular weight is 229 g/mol. The van der Waals surface area contributed by atoms with Gasteiger partial charge in [0, 0.05) is 20.2 Å². The topological polar surface area (TPSA) is 49.8 Å². The number of nitrogens with zero attached hydrogens (tertiary/aromatic N) is 1. The summed E-state index contributed by atoms with van der Waals surface area (Å²) >= 11 is 0. The van der Waals surface area contributed by atoms with E-state index in [-0.39, 0.29) is 0 Å². The van der Waals surface area contributed by atoms with E-state index in [0.717, 1.165) is 26.1 Å². The first-order valence-electron chi connectivity index (χ1n) is 5.90. The summed E-state index contributed by atoms with van der Waals surface area (Å²) in [6.45, 7) is 6.96. The number of rotatable bonds is 5. The van der Waals surface area contributed by atoms with Gasteiger partial charge in [0.15, 0.2) is 0 Å². The van der Waals surface area contributed by atoms with Crippen LogP contribution >= 0.6 is 0 Å². The van der Waals surface area contributed by atoms with E-state index in [9.17, 15) is 4.79 Å². The van der Waals surface area contributed by atoms with E-state index < -0.39 is 11.4 Å². The molecule has 1 aliphatic heterocycles. The molecule has 1 atom stereocenters. The highest BCUT2D eigenvalue weighted by Crippen LogP contribution is 2.22. The summed E-state index contributed by atoms with van der Waals surface area (Å²) in [5.41, 5.74) is -0.658. The second-order valence-corrected chi connectivity index (χ2v) is 5.39. The first-order valence-corrected chi connectivity index (χ1v) is 5.90. The Morgan fingerprint density at radius 3 is 2.81 bits per heavy atom. The Hall–Kier alpha value is -0.610. The quantitative estimate of drug-likeness (QED) is 0.775. The fraction of sp³-hybridized carbons (Fsp3) is 0.917. The smallest absolute Gasteiger partial charge is 0.310 e. The molecule has 0 saturated carbocycles. The van der Waals surface area contributed by atoms with Crippen LogP contribution in [0.1, 0.15) is 26.7 Å². The fourth-order valence-corrected chi connectivity index (χ4v) is 2.29. The maximum Gasteiger partial charge on any atom is 0.310 e. The Kier molecular flexibility index (Phi) is 4.74. The van der Waals surface area contributed by atoms with E-state index in [2.05, 4.69) is 4.90 Å². The van der Waals surface area contributed by atoms with Crippen LogP contribution in [0.4, 0.5) is 0 Å². The lowest BCUT2D eigenvalue weighted by molar-refractivity contribution is -0.148. The monoisotopic (exact) mass is 229 g/mol. The number of carboxylic acids is 1. The van der Waals surface area contributed by atoms with Crippen LogP contribution in [0.5, 0.6) is 0 Å². The van der Waals surface area contributed by atoms with Gasteiger partial charge in [-0.15, -0.1) is 0 Å². The molecule has 0 aromatic carbocycles. The number of carboxylic acid groups (broad SMARTS) is 1.